The summed E-state index contributed by atoms with van der Waals surface area (Å²) in [7, 11) is -4.41. The van der Waals surface area contributed by atoms with Crippen molar-refractivity contribution in [2.75, 3.05) is 0 Å². The Labute approximate surface area is 113 Å². The summed E-state index contributed by atoms with van der Waals surface area (Å²) < 4.78 is 12.1. The summed E-state index contributed by atoms with van der Waals surface area (Å²) in [6, 6.07) is 17.7. The number of hydrogen-bond donors (Lipinski definition) is 2. The number of benzene rings is 2. The van der Waals surface area contributed by atoms with Gasteiger partial charge in [0.1, 0.15) is 5.16 Å². The van der Waals surface area contributed by atoms with E-state index in [2.05, 4.69) is 6.92 Å². The van der Waals surface area contributed by atoms with Crippen LogP contribution in [-0.4, -0.2) is 9.79 Å². The standard InChI is InChI=1S/C15H16O3P/c1-2-15(19(16,17)18,13-9-5-3-6-10-13)14-11-7-4-8-12-14/h3-12H,1-2H2,(H2,16,17,18). The normalized spacial score (nSPS) is 12.4. The SMILES string of the molecule is [CH2]CC(c1ccccc1)(c1ccccc1)P(=O)(O)O. The van der Waals surface area contributed by atoms with E-state index >= 15 is 0 Å². The Morgan fingerprint density at radius 2 is 1.26 bits per heavy atom. The van der Waals surface area contributed by atoms with Gasteiger partial charge in [-0.05, 0) is 17.5 Å². The molecule has 19 heavy (non-hydrogen) atoms. The fourth-order valence-electron chi connectivity index (χ4n) is 2.37. The lowest BCUT2D eigenvalue weighted by atomic mass is 9.88. The van der Waals surface area contributed by atoms with Gasteiger partial charge >= 0.3 is 7.60 Å². The molecule has 4 heteroatoms. The molecule has 0 unspecified atom stereocenters. The smallest absolute Gasteiger partial charge is 0.324 e. The van der Waals surface area contributed by atoms with Crippen molar-refractivity contribution in [2.45, 2.75) is 11.6 Å². The van der Waals surface area contributed by atoms with Crippen LogP contribution in [0, 0.1) is 6.92 Å². The zero-order valence-corrected chi connectivity index (χ0v) is 11.3. The van der Waals surface area contributed by atoms with Gasteiger partial charge in [0.2, 0.25) is 0 Å². The first kappa shape index (κ1) is 14.0. The van der Waals surface area contributed by atoms with Crippen LogP contribution in [0.2, 0.25) is 0 Å². The van der Waals surface area contributed by atoms with Crippen LogP contribution >= 0.6 is 7.60 Å². The molecule has 2 rings (SSSR count). The zero-order valence-electron chi connectivity index (χ0n) is 10.4. The van der Waals surface area contributed by atoms with Gasteiger partial charge in [0.15, 0.2) is 0 Å². The van der Waals surface area contributed by atoms with Gasteiger partial charge in [-0.15, -0.1) is 0 Å². The molecule has 0 spiro atoms. The third-order valence-corrected chi connectivity index (χ3v) is 5.10. The van der Waals surface area contributed by atoms with Crippen LogP contribution in [-0.2, 0) is 9.72 Å². The molecular formula is C15H16O3P. The Morgan fingerprint density at radius 1 is 0.895 bits per heavy atom. The molecule has 0 bridgehead atoms. The maximum atomic E-state index is 12.1. The Balaban J connectivity index is 2.74. The summed E-state index contributed by atoms with van der Waals surface area (Å²) in [6.45, 7) is 3.79. The largest absolute Gasteiger partial charge is 0.340 e. The first-order valence-corrected chi connectivity index (χ1v) is 7.59. The van der Waals surface area contributed by atoms with E-state index in [1.54, 1.807) is 48.5 Å². The fourth-order valence-corrected chi connectivity index (χ4v) is 3.63. The first-order valence-electron chi connectivity index (χ1n) is 5.98. The van der Waals surface area contributed by atoms with Gasteiger partial charge in [0, 0.05) is 0 Å². The molecule has 0 saturated heterocycles. The van der Waals surface area contributed by atoms with Crippen LogP contribution in [0.25, 0.3) is 0 Å². The Kier molecular flexibility index (Phi) is 3.91. The molecular weight excluding hydrogens is 259 g/mol. The average molecular weight is 275 g/mol. The topological polar surface area (TPSA) is 57.5 Å². The van der Waals surface area contributed by atoms with Crippen molar-refractivity contribution in [3.05, 3.63) is 78.7 Å². The van der Waals surface area contributed by atoms with E-state index in [4.69, 9.17) is 0 Å². The number of rotatable bonds is 4. The second-order valence-corrected chi connectivity index (χ2v) is 6.24. The summed E-state index contributed by atoms with van der Waals surface area (Å²) in [4.78, 5) is 19.8. The lowest BCUT2D eigenvalue weighted by Gasteiger charge is -2.34. The van der Waals surface area contributed by atoms with Gasteiger partial charge in [0.05, 0.1) is 0 Å². The molecule has 3 nitrogen and oxygen atoms in total. The van der Waals surface area contributed by atoms with Crippen LogP contribution in [0.4, 0.5) is 0 Å². The van der Waals surface area contributed by atoms with E-state index in [9.17, 15) is 14.4 Å². The fraction of sp³-hybridized carbons (Fsp3) is 0.133. The molecule has 2 aromatic carbocycles. The zero-order chi connectivity index (χ0) is 13.9. The number of hydrogen-bond acceptors (Lipinski definition) is 1. The van der Waals surface area contributed by atoms with Gasteiger partial charge in [-0.25, -0.2) is 0 Å². The monoisotopic (exact) mass is 275 g/mol. The van der Waals surface area contributed by atoms with Crippen molar-refractivity contribution in [3.8, 4) is 0 Å². The van der Waals surface area contributed by atoms with E-state index in [-0.39, 0.29) is 6.42 Å². The van der Waals surface area contributed by atoms with E-state index in [1.807, 2.05) is 12.1 Å². The van der Waals surface area contributed by atoms with Crippen LogP contribution in [0.15, 0.2) is 60.7 Å². The average Bonchev–Trinajstić information content (AvgIpc) is 2.41. The predicted octanol–water partition coefficient (Wildman–Crippen LogP) is 3.33. The minimum Gasteiger partial charge on any atom is -0.324 e. The van der Waals surface area contributed by atoms with Crippen molar-refractivity contribution < 1.29 is 14.4 Å². The van der Waals surface area contributed by atoms with Gasteiger partial charge in [-0.2, -0.15) is 0 Å². The molecule has 0 amide bonds. The Morgan fingerprint density at radius 3 is 1.53 bits per heavy atom. The van der Waals surface area contributed by atoms with E-state index < -0.39 is 12.8 Å². The molecule has 0 saturated carbocycles. The molecule has 0 atom stereocenters. The summed E-state index contributed by atoms with van der Waals surface area (Å²) >= 11 is 0. The molecule has 0 aliphatic heterocycles. The third-order valence-electron chi connectivity index (χ3n) is 3.36. The molecule has 2 aromatic rings. The summed E-state index contributed by atoms with van der Waals surface area (Å²) in [6.07, 6.45) is 0.0886. The van der Waals surface area contributed by atoms with Crippen LogP contribution in [0.3, 0.4) is 0 Å². The van der Waals surface area contributed by atoms with E-state index in [0.717, 1.165) is 0 Å². The highest BCUT2D eigenvalue weighted by atomic mass is 31.2. The lowest BCUT2D eigenvalue weighted by molar-refractivity contribution is 0.338. The maximum absolute atomic E-state index is 12.1. The molecule has 0 aliphatic rings. The third kappa shape index (κ3) is 2.37. The van der Waals surface area contributed by atoms with Crippen molar-refractivity contribution in [3.63, 3.8) is 0 Å². The van der Waals surface area contributed by atoms with Gasteiger partial charge < -0.3 is 9.79 Å². The predicted molar refractivity (Wildman–Crippen MR) is 75.7 cm³/mol. The highest BCUT2D eigenvalue weighted by Gasteiger charge is 2.48. The molecule has 0 heterocycles. The van der Waals surface area contributed by atoms with Crippen LogP contribution in [0.5, 0.6) is 0 Å². The molecule has 99 valence electrons. The molecule has 0 fully saturated rings. The molecule has 1 radical (unpaired) electrons. The van der Waals surface area contributed by atoms with Crippen molar-refractivity contribution in [2.24, 2.45) is 0 Å². The second-order valence-electron chi connectivity index (χ2n) is 4.39. The quantitative estimate of drug-likeness (QED) is 0.841. The van der Waals surface area contributed by atoms with Gasteiger partial charge in [-0.3, -0.25) is 4.57 Å². The summed E-state index contributed by atoms with van der Waals surface area (Å²) in [5.74, 6) is 0. The Hall–Kier alpha value is -1.41. The van der Waals surface area contributed by atoms with Crippen molar-refractivity contribution in [1.82, 2.24) is 0 Å². The van der Waals surface area contributed by atoms with Gasteiger partial charge in [0.25, 0.3) is 0 Å². The summed E-state index contributed by atoms with van der Waals surface area (Å²) in [5, 5.41) is -1.38. The second kappa shape index (κ2) is 5.30. The lowest BCUT2D eigenvalue weighted by Crippen LogP contribution is -2.27. The van der Waals surface area contributed by atoms with Crippen LogP contribution in [0.1, 0.15) is 17.5 Å². The molecule has 2 N–H and O–H groups in total. The highest BCUT2D eigenvalue weighted by molar-refractivity contribution is 7.53. The van der Waals surface area contributed by atoms with Crippen LogP contribution < -0.4 is 0 Å². The van der Waals surface area contributed by atoms with E-state index in [1.165, 1.54) is 0 Å². The maximum Gasteiger partial charge on any atom is 0.340 e. The van der Waals surface area contributed by atoms with E-state index in [0.29, 0.717) is 11.1 Å². The molecule has 0 aromatic heterocycles. The minimum atomic E-state index is -4.41. The van der Waals surface area contributed by atoms with Gasteiger partial charge in [-0.1, -0.05) is 67.6 Å². The van der Waals surface area contributed by atoms with Crippen molar-refractivity contribution in [1.29, 1.82) is 0 Å². The highest BCUT2D eigenvalue weighted by Crippen LogP contribution is 2.62. The first-order chi connectivity index (χ1) is 9.02. The Bertz CT molecular complexity index is 535. The minimum absolute atomic E-state index is 0.0886. The molecule has 0 aliphatic carbocycles. The van der Waals surface area contributed by atoms with Crippen molar-refractivity contribution >= 4 is 7.60 Å². The summed E-state index contributed by atoms with van der Waals surface area (Å²) in [5.41, 5.74) is 1.18.